The van der Waals surface area contributed by atoms with E-state index in [0.717, 1.165) is 0 Å². The van der Waals surface area contributed by atoms with Crippen molar-refractivity contribution in [3.05, 3.63) is 54.4 Å². The van der Waals surface area contributed by atoms with Crippen LogP contribution in [0.2, 0.25) is 0 Å². The molecule has 0 unspecified atom stereocenters. The van der Waals surface area contributed by atoms with Crippen molar-refractivity contribution in [3.63, 3.8) is 0 Å². The molecule has 0 aliphatic heterocycles. The van der Waals surface area contributed by atoms with E-state index in [4.69, 9.17) is 0 Å². The van der Waals surface area contributed by atoms with E-state index in [2.05, 4.69) is 79.9 Å². The first-order chi connectivity index (χ1) is 11.4. The van der Waals surface area contributed by atoms with Crippen LogP contribution in [0.4, 0.5) is 0 Å². The zero-order chi connectivity index (χ0) is 17.1. The fourth-order valence-electron chi connectivity index (χ4n) is 3.87. The molecule has 0 aliphatic carbocycles. The van der Waals surface area contributed by atoms with Crippen LogP contribution in [-0.2, 0) is 19.5 Å². The summed E-state index contributed by atoms with van der Waals surface area (Å²) in [5.74, 6) is 0. The number of benzene rings is 2. The van der Waals surface area contributed by atoms with Gasteiger partial charge < -0.3 is 4.57 Å². The molecule has 0 atom stereocenters. The zero-order valence-corrected chi connectivity index (χ0v) is 15.0. The van der Waals surface area contributed by atoms with E-state index in [1.807, 2.05) is 17.9 Å². The molecule has 2 aromatic carbocycles. The molecule has 3 heteroatoms. The molecular formula is C21H23N3. The first kappa shape index (κ1) is 15.0. The second-order valence-electron chi connectivity index (χ2n) is 7.59. The van der Waals surface area contributed by atoms with Gasteiger partial charge in [-0.25, -0.2) is 0 Å². The van der Waals surface area contributed by atoms with Gasteiger partial charge in [0.15, 0.2) is 0 Å². The molecule has 122 valence electrons. The summed E-state index contributed by atoms with van der Waals surface area (Å²) in [6.45, 7) is 6.72. The smallest absolute Gasteiger partial charge is 0.0571 e. The first-order valence-corrected chi connectivity index (χ1v) is 8.38. The van der Waals surface area contributed by atoms with Crippen LogP contribution in [0.3, 0.4) is 0 Å². The number of rotatable bonds is 1. The average Bonchev–Trinajstić information content (AvgIpc) is 3.07. The summed E-state index contributed by atoms with van der Waals surface area (Å²) in [7, 11) is 4.16. The maximum Gasteiger partial charge on any atom is 0.0571 e. The van der Waals surface area contributed by atoms with E-state index >= 15 is 0 Å². The Kier molecular flexibility index (Phi) is 3.11. The number of fused-ring (bicyclic) bond motifs is 3. The van der Waals surface area contributed by atoms with Gasteiger partial charge in [0.1, 0.15) is 0 Å². The second kappa shape index (κ2) is 4.97. The topological polar surface area (TPSA) is 22.8 Å². The molecule has 0 aliphatic rings. The summed E-state index contributed by atoms with van der Waals surface area (Å²) in [6, 6.07) is 15.3. The van der Waals surface area contributed by atoms with Crippen LogP contribution < -0.4 is 0 Å². The van der Waals surface area contributed by atoms with Crippen molar-refractivity contribution in [3.8, 4) is 11.1 Å². The molecule has 0 saturated heterocycles. The lowest BCUT2D eigenvalue weighted by atomic mass is 9.87. The highest BCUT2D eigenvalue weighted by molar-refractivity contribution is 6.09. The SMILES string of the molecule is Cn1ncc(-c2ccc3c(c2)c2ccccc2n3C)c1C(C)(C)C. The molecule has 4 rings (SSSR count). The molecule has 3 nitrogen and oxygen atoms in total. The number of nitrogens with zero attached hydrogens (tertiary/aromatic N) is 3. The van der Waals surface area contributed by atoms with Crippen molar-refractivity contribution >= 4 is 21.8 Å². The van der Waals surface area contributed by atoms with Crippen LogP contribution >= 0.6 is 0 Å². The number of hydrogen-bond acceptors (Lipinski definition) is 1. The van der Waals surface area contributed by atoms with Crippen LogP contribution in [0.1, 0.15) is 26.5 Å². The van der Waals surface area contributed by atoms with E-state index in [9.17, 15) is 0 Å². The lowest BCUT2D eigenvalue weighted by molar-refractivity contribution is 0.524. The summed E-state index contributed by atoms with van der Waals surface area (Å²) in [6.07, 6.45) is 1.99. The van der Waals surface area contributed by atoms with E-state index < -0.39 is 0 Å². The van der Waals surface area contributed by atoms with Gasteiger partial charge in [-0.3, -0.25) is 4.68 Å². The Morgan fingerprint density at radius 3 is 2.33 bits per heavy atom. The molecule has 0 saturated carbocycles. The lowest BCUT2D eigenvalue weighted by Gasteiger charge is -2.21. The third-order valence-corrected chi connectivity index (χ3v) is 4.87. The number of aromatic nitrogens is 3. The van der Waals surface area contributed by atoms with Crippen molar-refractivity contribution in [2.24, 2.45) is 14.1 Å². The van der Waals surface area contributed by atoms with Crippen LogP contribution in [-0.4, -0.2) is 14.3 Å². The summed E-state index contributed by atoms with van der Waals surface area (Å²) in [5.41, 5.74) is 6.31. The molecule has 0 amide bonds. The molecule has 24 heavy (non-hydrogen) atoms. The Bertz CT molecular complexity index is 1060. The van der Waals surface area contributed by atoms with Gasteiger partial charge in [-0.05, 0) is 23.8 Å². The molecule has 0 radical (unpaired) electrons. The number of aryl methyl sites for hydroxylation is 2. The van der Waals surface area contributed by atoms with Gasteiger partial charge in [0.2, 0.25) is 0 Å². The summed E-state index contributed by atoms with van der Waals surface area (Å²) in [5, 5.41) is 7.12. The predicted octanol–water partition coefficient (Wildman–Crippen LogP) is 5.03. The van der Waals surface area contributed by atoms with Crippen molar-refractivity contribution in [2.45, 2.75) is 26.2 Å². The molecule has 0 fully saturated rings. The van der Waals surface area contributed by atoms with E-state index in [0.29, 0.717) is 0 Å². The normalized spacial score (nSPS) is 12.4. The van der Waals surface area contributed by atoms with Gasteiger partial charge in [0, 0.05) is 46.9 Å². The maximum atomic E-state index is 4.52. The molecular weight excluding hydrogens is 294 g/mol. The monoisotopic (exact) mass is 317 g/mol. The van der Waals surface area contributed by atoms with Crippen LogP contribution in [0.25, 0.3) is 32.9 Å². The van der Waals surface area contributed by atoms with E-state index in [-0.39, 0.29) is 5.41 Å². The van der Waals surface area contributed by atoms with Crippen LogP contribution in [0.5, 0.6) is 0 Å². The predicted molar refractivity (Wildman–Crippen MR) is 101 cm³/mol. The van der Waals surface area contributed by atoms with Gasteiger partial charge in [0.05, 0.1) is 11.9 Å². The fraction of sp³-hybridized carbons (Fsp3) is 0.286. The Labute approximate surface area is 142 Å². The lowest BCUT2D eigenvalue weighted by Crippen LogP contribution is -2.17. The standard InChI is InChI=1S/C21H23N3/c1-21(2,3)20-17(13-22-24(20)5)14-10-11-19-16(12-14)15-8-6-7-9-18(15)23(19)4/h6-13H,1-5H3. The molecule has 0 bridgehead atoms. The van der Waals surface area contributed by atoms with Gasteiger partial charge in [-0.1, -0.05) is 45.0 Å². The summed E-state index contributed by atoms with van der Waals surface area (Å²) in [4.78, 5) is 0. The third-order valence-electron chi connectivity index (χ3n) is 4.87. The zero-order valence-electron chi connectivity index (χ0n) is 15.0. The number of para-hydroxylation sites is 1. The highest BCUT2D eigenvalue weighted by Gasteiger charge is 2.23. The Morgan fingerprint density at radius 1 is 0.875 bits per heavy atom. The van der Waals surface area contributed by atoms with Gasteiger partial charge >= 0.3 is 0 Å². The summed E-state index contributed by atoms with van der Waals surface area (Å²) >= 11 is 0. The highest BCUT2D eigenvalue weighted by Crippen LogP contribution is 2.36. The quantitative estimate of drug-likeness (QED) is 0.483. The van der Waals surface area contributed by atoms with Gasteiger partial charge in [-0.2, -0.15) is 5.10 Å². The van der Waals surface area contributed by atoms with Crippen molar-refractivity contribution in [1.82, 2.24) is 14.3 Å². The molecule has 4 aromatic rings. The largest absolute Gasteiger partial charge is 0.344 e. The Balaban J connectivity index is 2.02. The minimum absolute atomic E-state index is 0.0499. The third kappa shape index (κ3) is 2.08. The number of hydrogen-bond donors (Lipinski definition) is 0. The summed E-state index contributed by atoms with van der Waals surface area (Å²) < 4.78 is 4.27. The van der Waals surface area contributed by atoms with Gasteiger partial charge in [0.25, 0.3) is 0 Å². The molecule has 0 N–H and O–H groups in total. The molecule has 2 heterocycles. The maximum absolute atomic E-state index is 4.52. The highest BCUT2D eigenvalue weighted by atomic mass is 15.3. The fourth-order valence-corrected chi connectivity index (χ4v) is 3.87. The molecule has 2 aromatic heterocycles. The van der Waals surface area contributed by atoms with Crippen molar-refractivity contribution < 1.29 is 0 Å². The Hall–Kier alpha value is -2.55. The van der Waals surface area contributed by atoms with Crippen LogP contribution in [0.15, 0.2) is 48.7 Å². The first-order valence-electron chi connectivity index (χ1n) is 8.38. The van der Waals surface area contributed by atoms with Crippen LogP contribution in [0, 0.1) is 0 Å². The minimum Gasteiger partial charge on any atom is -0.344 e. The Morgan fingerprint density at radius 2 is 1.58 bits per heavy atom. The van der Waals surface area contributed by atoms with E-state index in [1.54, 1.807) is 0 Å². The van der Waals surface area contributed by atoms with Crippen molar-refractivity contribution in [1.29, 1.82) is 0 Å². The average molecular weight is 317 g/mol. The van der Waals surface area contributed by atoms with E-state index in [1.165, 1.54) is 38.6 Å². The minimum atomic E-state index is 0.0499. The second-order valence-corrected chi connectivity index (χ2v) is 7.59. The molecule has 0 spiro atoms. The van der Waals surface area contributed by atoms with Gasteiger partial charge in [-0.15, -0.1) is 0 Å². The van der Waals surface area contributed by atoms with Crippen molar-refractivity contribution in [2.75, 3.05) is 0 Å².